The molecular weight excluding hydrogens is 440 g/mol. The van der Waals surface area contributed by atoms with Gasteiger partial charge in [-0.3, -0.25) is 19.2 Å². The number of ether oxygens (including phenoxy) is 2. The number of hydrogen-bond donors (Lipinski definition) is 4. The first-order chi connectivity index (χ1) is 16.3. The number of amides is 4. The van der Waals surface area contributed by atoms with Gasteiger partial charge in [0.15, 0.2) is 0 Å². The van der Waals surface area contributed by atoms with Crippen LogP contribution in [0.3, 0.4) is 0 Å². The van der Waals surface area contributed by atoms with Crippen molar-refractivity contribution in [2.75, 3.05) is 32.9 Å². The molecule has 1 aromatic carbocycles. The van der Waals surface area contributed by atoms with Gasteiger partial charge in [0.25, 0.3) is 5.91 Å². The predicted octanol–water partition coefficient (Wildman–Crippen LogP) is 0.757. The smallest absolute Gasteiger partial charge is 0.255 e. The van der Waals surface area contributed by atoms with Gasteiger partial charge in [-0.15, -0.1) is 0 Å². The van der Waals surface area contributed by atoms with E-state index in [0.29, 0.717) is 38.3 Å². The normalized spacial score (nSPS) is 20.1. The highest BCUT2D eigenvalue weighted by Crippen LogP contribution is 2.18. The SMILES string of the molecule is CCOCCNC(=O)[C@@H]1CC(=O)N[C@@H](CC(C)C)C(=O)NCCCOc2ccccc2C(=O)N1. The summed E-state index contributed by atoms with van der Waals surface area (Å²) in [5.41, 5.74) is 0.256. The number of benzene rings is 1. The Balaban J connectivity index is 2.26. The molecule has 10 nitrogen and oxygen atoms in total. The maximum absolute atomic E-state index is 13.0. The van der Waals surface area contributed by atoms with Crippen LogP contribution in [0.2, 0.25) is 0 Å². The van der Waals surface area contributed by atoms with Crippen LogP contribution in [0, 0.1) is 5.92 Å². The van der Waals surface area contributed by atoms with E-state index in [1.165, 1.54) is 0 Å². The van der Waals surface area contributed by atoms with E-state index in [2.05, 4.69) is 21.3 Å². The molecular formula is C24H36N4O6. The topological polar surface area (TPSA) is 135 Å². The minimum atomic E-state index is -1.14. The molecule has 0 unspecified atom stereocenters. The summed E-state index contributed by atoms with van der Waals surface area (Å²) in [6, 6.07) is 4.80. The third kappa shape index (κ3) is 9.01. The Kier molecular flexibility index (Phi) is 11.3. The van der Waals surface area contributed by atoms with E-state index in [1.807, 2.05) is 20.8 Å². The Labute approximate surface area is 200 Å². The molecule has 34 heavy (non-hydrogen) atoms. The number of fused-ring (bicyclic) bond motifs is 1. The molecule has 0 spiro atoms. The van der Waals surface area contributed by atoms with Crippen molar-refractivity contribution in [2.24, 2.45) is 5.92 Å². The molecule has 2 atom stereocenters. The van der Waals surface area contributed by atoms with Gasteiger partial charge < -0.3 is 30.7 Å². The van der Waals surface area contributed by atoms with Crippen molar-refractivity contribution in [3.05, 3.63) is 29.8 Å². The molecule has 4 amide bonds. The Morgan fingerprint density at radius 2 is 1.97 bits per heavy atom. The lowest BCUT2D eigenvalue weighted by molar-refractivity contribution is -0.131. The maximum Gasteiger partial charge on any atom is 0.255 e. The Morgan fingerprint density at radius 3 is 2.71 bits per heavy atom. The molecule has 1 heterocycles. The second-order valence-corrected chi connectivity index (χ2v) is 8.46. The van der Waals surface area contributed by atoms with Crippen molar-refractivity contribution in [1.29, 1.82) is 0 Å². The quantitative estimate of drug-likeness (QED) is 0.429. The number of hydrogen-bond acceptors (Lipinski definition) is 6. The molecule has 1 aliphatic heterocycles. The second-order valence-electron chi connectivity index (χ2n) is 8.46. The Hall–Kier alpha value is -3.14. The molecule has 1 aromatic rings. The zero-order chi connectivity index (χ0) is 24.9. The fourth-order valence-corrected chi connectivity index (χ4v) is 3.47. The Bertz CT molecular complexity index is 845. The average Bonchev–Trinajstić information content (AvgIpc) is 2.80. The van der Waals surface area contributed by atoms with Crippen LogP contribution in [-0.2, 0) is 19.1 Å². The highest BCUT2D eigenvalue weighted by molar-refractivity contribution is 6.01. The fraction of sp³-hybridized carbons (Fsp3) is 0.583. The number of carbonyl (C=O) groups excluding carboxylic acids is 4. The third-order valence-electron chi connectivity index (χ3n) is 5.13. The highest BCUT2D eigenvalue weighted by Gasteiger charge is 2.28. The second kappa shape index (κ2) is 14.2. The zero-order valence-corrected chi connectivity index (χ0v) is 20.1. The van der Waals surface area contributed by atoms with E-state index in [-0.39, 0.29) is 37.0 Å². The molecule has 0 aromatic heterocycles. The van der Waals surface area contributed by atoms with Crippen LogP contribution in [0.15, 0.2) is 24.3 Å². The van der Waals surface area contributed by atoms with Crippen molar-refractivity contribution in [3.63, 3.8) is 0 Å². The first-order valence-corrected chi connectivity index (χ1v) is 11.8. The first kappa shape index (κ1) is 27.1. The van der Waals surface area contributed by atoms with Crippen LogP contribution in [-0.4, -0.2) is 68.6 Å². The van der Waals surface area contributed by atoms with Gasteiger partial charge >= 0.3 is 0 Å². The molecule has 10 heteroatoms. The monoisotopic (exact) mass is 476 g/mol. The van der Waals surface area contributed by atoms with Gasteiger partial charge in [0, 0.05) is 19.7 Å². The number of nitrogens with one attached hydrogen (secondary N) is 4. The van der Waals surface area contributed by atoms with Crippen LogP contribution in [0.1, 0.15) is 50.4 Å². The van der Waals surface area contributed by atoms with E-state index in [4.69, 9.17) is 9.47 Å². The molecule has 0 saturated heterocycles. The molecule has 0 radical (unpaired) electrons. The lowest BCUT2D eigenvalue weighted by atomic mass is 10.0. The van der Waals surface area contributed by atoms with Crippen molar-refractivity contribution in [3.8, 4) is 5.75 Å². The summed E-state index contributed by atoms with van der Waals surface area (Å²) in [5, 5.41) is 10.9. The largest absolute Gasteiger partial charge is 0.493 e. The minimum Gasteiger partial charge on any atom is -0.493 e. The standard InChI is InChI=1S/C24H36N4O6/c1-4-33-13-11-26-24(32)19-15-21(29)27-18(14-16(2)3)23(31)25-10-7-12-34-20-9-6-5-8-17(20)22(30)28-19/h5-6,8-9,16,18-19H,4,7,10-15H2,1-3H3,(H,25,31)(H,26,32)(H,27,29)(H,28,30)/t18-,19-/m0/s1. The van der Waals surface area contributed by atoms with E-state index in [9.17, 15) is 19.2 Å². The van der Waals surface area contributed by atoms with E-state index in [1.54, 1.807) is 24.3 Å². The van der Waals surface area contributed by atoms with E-state index in [0.717, 1.165) is 0 Å². The van der Waals surface area contributed by atoms with Crippen molar-refractivity contribution in [2.45, 2.75) is 52.1 Å². The molecule has 2 rings (SSSR count). The minimum absolute atomic E-state index is 0.160. The summed E-state index contributed by atoms with van der Waals surface area (Å²) in [4.78, 5) is 51.3. The first-order valence-electron chi connectivity index (χ1n) is 11.8. The number of para-hydroxylation sites is 1. The number of carbonyl (C=O) groups is 4. The van der Waals surface area contributed by atoms with Crippen LogP contribution in [0.25, 0.3) is 0 Å². The van der Waals surface area contributed by atoms with Crippen LogP contribution in [0.4, 0.5) is 0 Å². The molecule has 188 valence electrons. The summed E-state index contributed by atoms with van der Waals surface area (Å²) < 4.78 is 11.0. The van der Waals surface area contributed by atoms with Gasteiger partial charge in [0.05, 0.1) is 25.2 Å². The van der Waals surface area contributed by atoms with Gasteiger partial charge in [-0.2, -0.15) is 0 Å². The maximum atomic E-state index is 13.0. The molecule has 0 aliphatic carbocycles. The molecule has 0 saturated carbocycles. The van der Waals surface area contributed by atoms with Gasteiger partial charge in [-0.1, -0.05) is 26.0 Å². The van der Waals surface area contributed by atoms with Crippen LogP contribution in [0.5, 0.6) is 5.75 Å². The Morgan fingerprint density at radius 1 is 1.21 bits per heavy atom. The lowest BCUT2D eigenvalue weighted by Gasteiger charge is -2.22. The molecule has 0 fully saturated rings. The van der Waals surface area contributed by atoms with Crippen molar-refractivity contribution >= 4 is 23.6 Å². The van der Waals surface area contributed by atoms with Crippen molar-refractivity contribution in [1.82, 2.24) is 21.3 Å². The molecule has 0 bridgehead atoms. The van der Waals surface area contributed by atoms with Gasteiger partial charge in [-0.25, -0.2) is 0 Å². The summed E-state index contributed by atoms with van der Waals surface area (Å²) in [5.74, 6) is -1.33. The molecule has 1 aliphatic rings. The number of rotatable bonds is 7. The summed E-state index contributed by atoms with van der Waals surface area (Å²) in [7, 11) is 0. The summed E-state index contributed by atoms with van der Waals surface area (Å²) in [6.45, 7) is 7.45. The van der Waals surface area contributed by atoms with Gasteiger partial charge in [-0.05, 0) is 37.8 Å². The van der Waals surface area contributed by atoms with Crippen LogP contribution >= 0.6 is 0 Å². The molecule has 4 N–H and O–H groups in total. The van der Waals surface area contributed by atoms with Crippen LogP contribution < -0.4 is 26.0 Å². The van der Waals surface area contributed by atoms with E-state index >= 15 is 0 Å². The summed E-state index contributed by atoms with van der Waals surface area (Å²) >= 11 is 0. The predicted molar refractivity (Wildman–Crippen MR) is 126 cm³/mol. The third-order valence-corrected chi connectivity index (χ3v) is 5.13. The van der Waals surface area contributed by atoms with Gasteiger partial charge in [0.1, 0.15) is 17.8 Å². The highest BCUT2D eigenvalue weighted by atomic mass is 16.5. The van der Waals surface area contributed by atoms with Gasteiger partial charge in [0.2, 0.25) is 17.7 Å². The average molecular weight is 477 g/mol. The van der Waals surface area contributed by atoms with Crippen molar-refractivity contribution < 1.29 is 28.7 Å². The fourth-order valence-electron chi connectivity index (χ4n) is 3.47. The lowest BCUT2D eigenvalue weighted by Crippen LogP contribution is -2.52. The van der Waals surface area contributed by atoms with E-state index < -0.39 is 29.8 Å². The summed E-state index contributed by atoms with van der Waals surface area (Å²) in [6.07, 6.45) is 0.642. The zero-order valence-electron chi connectivity index (χ0n) is 20.1.